The van der Waals surface area contributed by atoms with Crippen LogP contribution >= 0.6 is 11.6 Å². The SMILES string of the molecule is O=S(=O)(Cc1ccccc1)NCC1Cn2c(-c3ccc(Cl)cc3)cnc2CO1. The highest BCUT2D eigenvalue weighted by atomic mass is 35.5. The molecule has 4 rings (SSSR count). The Bertz CT molecular complexity index is 1050. The van der Waals surface area contributed by atoms with Gasteiger partial charge in [0.05, 0.1) is 30.3 Å². The van der Waals surface area contributed by atoms with Crippen LogP contribution in [0, 0.1) is 0 Å². The van der Waals surface area contributed by atoms with Crippen LogP contribution in [0.4, 0.5) is 0 Å². The van der Waals surface area contributed by atoms with E-state index < -0.39 is 10.0 Å². The molecule has 1 atom stereocenters. The number of rotatable bonds is 6. The monoisotopic (exact) mass is 417 g/mol. The van der Waals surface area contributed by atoms with Crippen LogP contribution in [0.25, 0.3) is 11.3 Å². The normalized spacial score (nSPS) is 16.7. The molecule has 1 aromatic heterocycles. The minimum absolute atomic E-state index is 0.0487. The second kappa shape index (κ2) is 8.05. The minimum atomic E-state index is -3.43. The maximum atomic E-state index is 12.4. The number of hydrogen-bond acceptors (Lipinski definition) is 4. The molecule has 1 aliphatic heterocycles. The molecule has 1 unspecified atom stereocenters. The maximum Gasteiger partial charge on any atom is 0.215 e. The zero-order valence-corrected chi connectivity index (χ0v) is 16.7. The summed E-state index contributed by atoms with van der Waals surface area (Å²) in [5, 5.41) is 0.677. The molecule has 0 radical (unpaired) electrons. The summed E-state index contributed by atoms with van der Waals surface area (Å²) in [6.45, 7) is 1.09. The standard InChI is InChI=1S/C20H20ClN3O3S/c21-17-8-6-16(7-9-17)19-11-22-20-13-27-18(12-24(19)20)10-23-28(25,26)14-15-4-2-1-3-5-15/h1-9,11,18,23H,10,12-14H2. The summed E-state index contributed by atoms with van der Waals surface area (Å²) in [5.74, 6) is 0.778. The molecule has 3 aromatic rings. The molecule has 1 aliphatic rings. The number of halogens is 1. The lowest BCUT2D eigenvalue weighted by Gasteiger charge is -2.26. The van der Waals surface area contributed by atoms with E-state index in [0.29, 0.717) is 18.2 Å². The van der Waals surface area contributed by atoms with Crippen LogP contribution in [0.15, 0.2) is 60.8 Å². The van der Waals surface area contributed by atoms with Crippen molar-refractivity contribution in [3.8, 4) is 11.3 Å². The van der Waals surface area contributed by atoms with E-state index in [1.165, 1.54) is 0 Å². The van der Waals surface area contributed by atoms with Crippen LogP contribution in [-0.4, -0.2) is 30.6 Å². The number of fused-ring (bicyclic) bond motifs is 1. The molecule has 0 fully saturated rings. The van der Waals surface area contributed by atoms with Gasteiger partial charge in [0, 0.05) is 11.6 Å². The first-order chi connectivity index (χ1) is 13.5. The van der Waals surface area contributed by atoms with Crippen LogP contribution in [0.3, 0.4) is 0 Å². The molecule has 2 heterocycles. The van der Waals surface area contributed by atoms with E-state index in [9.17, 15) is 8.42 Å². The van der Waals surface area contributed by atoms with Crippen molar-refractivity contribution in [3.63, 3.8) is 0 Å². The Kier molecular flexibility index (Phi) is 5.50. The average molecular weight is 418 g/mol. The first-order valence-electron chi connectivity index (χ1n) is 8.93. The molecule has 0 saturated heterocycles. The Morgan fingerprint density at radius 1 is 1.14 bits per heavy atom. The van der Waals surface area contributed by atoms with Gasteiger partial charge in [-0.2, -0.15) is 0 Å². The lowest BCUT2D eigenvalue weighted by Crippen LogP contribution is -2.39. The molecule has 0 saturated carbocycles. The van der Waals surface area contributed by atoms with Crippen molar-refractivity contribution in [1.29, 1.82) is 0 Å². The van der Waals surface area contributed by atoms with Gasteiger partial charge in [-0.3, -0.25) is 0 Å². The fourth-order valence-electron chi connectivity index (χ4n) is 3.22. The first-order valence-corrected chi connectivity index (χ1v) is 11.0. The van der Waals surface area contributed by atoms with Gasteiger partial charge in [0.1, 0.15) is 12.4 Å². The van der Waals surface area contributed by atoms with E-state index in [1.807, 2.05) is 48.7 Å². The van der Waals surface area contributed by atoms with Gasteiger partial charge in [0.15, 0.2) is 0 Å². The molecule has 1 N–H and O–H groups in total. The van der Waals surface area contributed by atoms with E-state index >= 15 is 0 Å². The summed E-state index contributed by atoms with van der Waals surface area (Å²) in [6.07, 6.45) is 1.54. The molecule has 0 amide bonds. The number of ether oxygens (including phenoxy) is 1. The fourth-order valence-corrected chi connectivity index (χ4v) is 4.52. The molecular formula is C20H20ClN3O3S. The van der Waals surface area contributed by atoms with Gasteiger partial charge >= 0.3 is 0 Å². The Morgan fingerprint density at radius 2 is 1.89 bits per heavy atom. The van der Waals surface area contributed by atoms with Crippen molar-refractivity contribution in [2.75, 3.05) is 6.54 Å². The Labute approximate surface area is 169 Å². The predicted octanol–water partition coefficient (Wildman–Crippen LogP) is 3.22. The highest BCUT2D eigenvalue weighted by Crippen LogP contribution is 2.26. The first kappa shape index (κ1) is 19.1. The van der Waals surface area contributed by atoms with Crippen molar-refractivity contribution in [3.05, 3.63) is 77.2 Å². The summed E-state index contributed by atoms with van der Waals surface area (Å²) in [4.78, 5) is 4.42. The molecule has 28 heavy (non-hydrogen) atoms. The van der Waals surface area contributed by atoms with Crippen molar-refractivity contribution >= 4 is 21.6 Å². The van der Waals surface area contributed by atoms with Gasteiger partial charge in [-0.05, 0) is 23.3 Å². The third kappa shape index (κ3) is 4.44. The number of sulfonamides is 1. The van der Waals surface area contributed by atoms with Crippen LogP contribution in [-0.2, 0) is 33.7 Å². The van der Waals surface area contributed by atoms with E-state index in [0.717, 1.165) is 22.6 Å². The zero-order valence-electron chi connectivity index (χ0n) is 15.1. The van der Waals surface area contributed by atoms with Gasteiger partial charge in [0.25, 0.3) is 0 Å². The van der Waals surface area contributed by atoms with Gasteiger partial charge in [0.2, 0.25) is 10.0 Å². The van der Waals surface area contributed by atoms with Crippen molar-refractivity contribution in [2.45, 2.75) is 25.0 Å². The van der Waals surface area contributed by atoms with Crippen molar-refractivity contribution in [1.82, 2.24) is 14.3 Å². The molecule has 0 spiro atoms. The zero-order chi connectivity index (χ0) is 19.6. The topological polar surface area (TPSA) is 73.2 Å². The largest absolute Gasteiger partial charge is 0.367 e. The Morgan fingerprint density at radius 3 is 2.64 bits per heavy atom. The number of nitrogens with zero attached hydrogens (tertiary/aromatic N) is 2. The number of aromatic nitrogens is 2. The third-order valence-electron chi connectivity index (χ3n) is 4.64. The Hall–Kier alpha value is -2.19. The van der Waals surface area contributed by atoms with Gasteiger partial charge < -0.3 is 9.30 Å². The van der Waals surface area contributed by atoms with Gasteiger partial charge in [-0.25, -0.2) is 18.1 Å². The Balaban J connectivity index is 1.43. The molecule has 6 nitrogen and oxygen atoms in total. The molecular weight excluding hydrogens is 398 g/mol. The average Bonchev–Trinajstić information content (AvgIpc) is 3.11. The van der Waals surface area contributed by atoms with Crippen molar-refractivity contribution < 1.29 is 13.2 Å². The lowest BCUT2D eigenvalue weighted by molar-refractivity contribution is 0.00634. The quantitative estimate of drug-likeness (QED) is 0.668. The molecule has 8 heteroatoms. The summed E-state index contributed by atoms with van der Waals surface area (Å²) in [6, 6.07) is 16.7. The predicted molar refractivity (Wildman–Crippen MR) is 108 cm³/mol. The van der Waals surface area contributed by atoms with E-state index in [1.54, 1.807) is 12.1 Å². The minimum Gasteiger partial charge on any atom is -0.367 e. The number of nitrogens with one attached hydrogen (secondary N) is 1. The number of hydrogen-bond donors (Lipinski definition) is 1. The van der Waals surface area contributed by atoms with E-state index in [-0.39, 0.29) is 18.4 Å². The number of imidazole rings is 1. The molecule has 0 aliphatic carbocycles. The van der Waals surface area contributed by atoms with Crippen LogP contribution in [0.2, 0.25) is 5.02 Å². The lowest BCUT2D eigenvalue weighted by atomic mass is 10.1. The highest BCUT2D eigenvalue weighted by molar-refractivity contribution is 7.88. The van der Waals surface area contributed by atoms with E-state index in [2.05, 4.69) is 14.3 Å². The summed E-state index contributed by atoms with van der Waals surface area (Å²) in [5.41, 5.74) is 2.72. The summed E-state index contributed by atoms with van der Waals surface area (Å²) >= 11 is 5.97. The fraction of sp³-hybridized carbons (Fsp3) is 0.250. The van der Waals surface area contributed by atoms with Crippen LogP contribution in [0.5, 0.6) is 0 Å². The second-order valence-corrected chi connectivity index (χ2v) is 8.95. The molecule has 146 valence electrons. The van der Waals surface area contributed by atoms with Crippen molar-refractivity contribution in [2.24, 2.45) is 0 Å². The van der Waals surface area contributed by atoms with Gasteiger partial charge in [-0.1, -0.05) is 54.1 Å². The molecule has 2 aromatic carbocycles. The smallest absolute Gasteiger partial charge is 0.215 e. The molecule has 0 bridgehead atoms. The van der Waals surface area contributed by atoms with Crippen LogP contribution in [0.1, 0.15) is 11.4 Å². The third-order valence-corrected chi connectivity index (χ3v) is 6.21. The van der Waals surface area contributed by atoms with Gasteiger partial charge in [-0.15, -0.1) is 0 Å². The summed E-state index contributed by atoms with van der Waals surface area (Å²) < 4.78 is 35.2. The van der Waals surface area contributed by atoms with E-state index in [4.69, 9.17) is 16.3 Å². The maximum absolute atomic E-state index is 12.4. The van der Waals surface area contributed by atoms with Crippen LogP contribution < -0.4 is 4.72 Å². The highest BCUT2D eigenvalue weighted by Gasteiger charge is 2.24. The number of benzene rings is 2. The second-order valence-electron chi connectivity index (χ2n) is 6.70. The summed E-state index contributed by atoms with van der Waals surface area (Å²) in [7, 11) is -3.43.